The molecule has 0 bridgehead atoms. The number of rotatable bonds is 4. The van der Waals surface area contributed by atoms with E-state index in [0.29, 0.717) is 30.9 Å². The Balaban J connectivity index is 1.78. The fraction of sp³-hybridized carbons (Fsp3) is 0.316. The average Bonchev–Trinajstić information content (AvgIpc) is 2.61. The van der Waals surface area contributed by atoms with Crippen LogP contribution < -0.4 is 9.64 Å². The highest BCUT2D eigenvalue weighted by Gasteiger charge is 2.33. The van der Waals surface area contributed by atoms with Crippen LogP contribution in [0.1, 0.15) is 12.5 Å². The summed E-state index contributed by atoms with van der Waals surface area (Å²) in [4.78, 5) is 16.6. The number of amides is 1. The lowest BCUT2D eigenvalue weighted by Crippen LogP contribution is -2.55. The van der Waals surface area contributed by atoms with Crippen molar-refractivity contribution in [1.29, 1.82) is 0 Å². The molecule has 0 spiro atoms. The van der Waals surface area contributed by atoms with Gasteiger partial charge in [0.2, 0.25) is 5.91 Å². The van der Waals surface area contributed by atoms with Crippen molar-refractivity contribution in [2.75, 3.05) is 25.1 Å². The zero-order chi connectivity index (χ0) is 17.1. The van der Waals surface area contributed by atoms with Gasteiger partial charge in [-0.2, -0.15) is 0 Å². The van der Waals surface area contributed by atoms with Crippen molar-refractivity contribution in [3.8, 4) is 5.75 Å². The smallest absolute Gasteiger partial charge is 0.244 e. The summed E-state index contributed by atoms with van der Waals surface area (Å²) in [6.07, 6.45) is 0. The molecule has 24 heavy (non-hydrogen) atoms. The summed E-state index contributed by atoms with van der Waals surface area (Å²) in [5, 5.41) is 0. The Morgan fingerprint density at radius 1 is 1.12 bits per heavy atom. The Labute approximate surface area is 141 Å². The first-order valence-corrected chi connectivity index (χ1v) is 8.03. The van der Waals surface area contributed by atoms with Gasteiger partial charge in [-0.15, -0.1) is 0 Å². The molecule has 0 N–H and O–H groups in total. The van der Waals surface area contributed by atoms with E-state index in [1.54, 1.807) is 24.1 Å². The summed E-state index contributed by atoms with van der Waals surface area (Å²) in [6.45, 7) is 3.53. The fourth-order valence-corrected chi connectivity index (χ4v) is 3.07. The summed E-state index contributed by atoms with van der Waals surface area (Å²) < 4.78 is 19.2. The molecule has 1 saturated heterocycles. The SMILES string of the molecule is COc1ccccc1N1CCN(Cc2ccccc2F)[C@H](C)C1=O. The number of hydrogen-bond acceptors (Lipinski definition) is 3. The van der Waals surface area contributed by atoms with Crippen LogP contribution in [0.3, 0.4) is 0 Å². The number of carbonyl (C=O) groups is 1. The second kappa shape index (κ2) is 7.01. The quantitative estimate of drug-likeness (QED) is 0.865. The van der Waals surface area contributed by atoms with Crippen molar-refractivity contribution >= 4 is 11.6 Å². The highest BCUT2D eigenvalue weighted by Crippen LogP contribution is 2.30. The van der Waals surface area contributed by atoms with E-state index in [9.17, 15) is 9.18 Å². The molecule has 3 rings (SSSR count). The molecule has 0 aromatic heterocycles. The maximum atomic E-state index is 13.9. The van der Waals surface area contributed by atoms with E-state index in [4.69, 9.17) is 4.74 Å². The lowest BCUT2D eigenvalue weighted by molar-refractivity contribution is -0.125. The van der Waals surface area contributed by atoms with Gasteiger partial charge in [-0.1, -0.05) is 30.3 Å². The van der Waals surface area contributed by atoms with Gasteiger partial charge >= 0.3 is 0 Å². The number of piperazine rings is 1. The third-order valence-electron chi connectivity index (χ3n) is 4.49. The van der Waals surface area contributed by atoms with Crippen LogP contribution in [0, 0.1) is 5.82 Å². The molecule has 1 amide bonds. The summed E-state index contributed by atoms with van der Waals surface area (Å²) in [6, 6.07) is 13.9. The minimum Gasteiger partial charge on any atom is -0.495 e. The molecule has 0 aliphatic carbocycles. The first-order valence-electron chi connectivity index (χ1n) is 8.03. The first-order chi connectivity index (χ1) is 11.6. The molecule has 2 aromatic rings. The molecule has 0 saturated carbocycles. The van der Waals surface area contributed by atoms with E-state index in [1.165, 1.54) is 6.07 Å². The number of benzene rings is 2. The van der Waals surface area contributed by atoms with Gasteiger partial charge in [-0.05, 0) is 25.1 Å². The number of methoxy groups -OCH3 is 1. The minimum absolute atomic E-state index is 0.00193. The van der Waals surface area contributed by atoms with E-state index in [-0.39, 0.29) is 17.8 Å². The van der Waals surface area contributed by atoms with Crippen molar-refractivity contribution in [3.63, 3.8) is 0 Å². The molecule has 4 nitrogen and oxygen atoms in total. The van der Waals surface area contributed by atoms with E-state index in [1.807, 2.05) is 42.2 Å². The first kappa shape index (κ1) is 16.5. The van der Waals surface area contributed by atoms with Crippen LogP contribution in [0.5, 0.6) is 5.75 Å². The second-order valence-electron chi connectivity index (χ2n) is 5.90. The van der Waals surface area contributed by atoms with Gasteiger partial charge in [-0.3, -0.25) is 9.69 Å². The van der Waals surface area contributed by atoms with Gasteiger partial charge in [0.1, 0.15) is 11.6 Å². The topological polar surface area (TPSA) is 32.8 Å². The summed E-state index contributed by atoms with van der Waals surface area (Å²) in [5.41, 5.74) is 1.39. The molecule has 0 radical (unpaired) electrons. The van der Waals surface area contributed by atoms with E-state index >= 15 is 0 Å². The molecule has 0 unspecified atom stereocenters. The lowest BCUT2D eigenvalue weighted by Gasteiger charge is -2.39. The molecule has 2 aromatic carbocycles. The van der Waals surface area contributed by atoms with Crippen LogP contribution in [0.25, 0.3) is 0 Å². The standard InChI is InChI=1S/C19H21FN2O2/c1-14-19(23)22(17-9-5-6-10-18(17)24-2)12-11-21(14)13-15-7-3-4-8-16(15)20/h3-10,14H,11-13H2,1-2H3/t14-/m1/s1. The predicted molar refractivity (Wildman–Crippen MR) is 91.6 cm³/mol. The number of carbonyl (C=O) groups excluding carboxylic acids is 1. The molecule has 1 fully saturated rings. The fourth-order valence-electron chi connectivity index (χ4n) is 3.07. The molecule has 5 heteroatoms. The molecule has 1 aliphatic heterocycles. The van der Waals surface area contributed by atoms with Crippen molar-refractivity contribution in [3.05, 3.63) is 59.9 Å². The van der Waals surface area contributed by atoms with Crippen LogP contribution in [-0.4, -0.2) is 37.0 Å². The highest BCUT2D eigenvalue weighted by atomic mass is 19.1. The van der Waals surface area contributed by atoms with Crippen LogP contribution >= 0.6 is 0 Å². The molecule has 126 valence electrons. The van der Waals surface area contributed by atoms with Crippen LogP contribution in [0.15, 0.2) is 48.5 Å². The summed E-state index contributed by atoms with van der Waals surface area (Å²) >= 11 is 0. The number of para-hydroxylation sites is 2. The molecule has 1 heterocycles. The Morgan fingerprint density at radius 3 is 2.58 bits per heavy atom. The van der Waals surface area contributed by atoms with Crippen LogP contribution in [0.4, 0.5) is 10.1 Å². The van der Waals surface area contributed by atoms with Crippen molar-refractivity contribution in [2.24, 2.45) is 0 Å². The molecule has 1 aliphatic rings. The van der Waals surface area contributed by atoms with E-state index < -0.39 is 0 Å². The van der Waals surface area contributed by atoms with Crippen LogP contribution in [0.2, 0.25) is 0 Å². The number of ether oxygens (including phenoxy) is 1. The highest BCUT2D eigenvalue weighted by molar-refractivity contribution is 5.98. The van der Waals surface area contributed by atoms with Crippen LogP contribution in [-0.2, 0) is 11.3 Å². The second-order valence-corrected chi connectivity index (χ2v) is 5.90. The van der Waals surface area contributed by atoms with Crippen molar-refractivity contribution in [1.82, 2.24) is 4.90 Å². The van der Waals surface area contributed by atoms with E-state index in [2.05, 4.69) is 0 Å². The molecule has 1 atom stereocenters. The predicted octanol–water partition coefficient (Wildman–Crippen LogP) is 3.07. The van der Waals surface area contributed by atoms with Crippen molar-refractivity contribution in [2.45, 2.75) is 19.5 Å². The van der Waals surface area contributed by atoms with Crippen molar-refractivity contribution < 1.29 is 13.9 Å². The lowest BCUT2D eigenvalue weighted by atomic mass is 10.1. The van der Waals surface area contributed by atoms with E-state index in [0.717, 1.165) is 5.69 Å². The van der Waals surface area contributed by atoms with Gasteiger partial charge in [0.25, 0.3) is 0 Å². The largest absolute Gasteiger partial charge is 0.495 e. The normalized spacial score (nSPS) is 18.7. The van der Waals surface area contributed by atoms with Gasteiger partial charge in [0.15, 0.2) is 0 Å². The zero-order valence-electron chi connectivity index (χ0n) is 13.9. The minimum atomic E-state index is -0.316. The van der Waals surface area contributed by atoms with Gasteiger partial charge in [-0.25, -0.2) is 4.39 Å². The zero-order valence-corrected chi connectivity index (χ0v) is 13.9. The molecular formula is C19H21FN2O2. The van der Waals surface area contributed by atoms with Gasteiger partial charge in [0, 0.05) is 25.2 Å². The average molecular weight is 328 g/mol. The molecular weight excluding hydrogens is 307 g/mol. The Bertz CT molecular complexity index is 735. The maximum Gasteiger partial charge on any atom is 0.244 e. The monoisotopic (exact) mass is 328 g/mol. The summed E-state index contributed by atoms with van der Waals surface area (Å²) in [5.74, 6) is 0.451. The third kappa shape index (κ3) is 3.12. The number of halogens is 1. The van der Waals surface area contributed by atoms with Gasteiger partial charge < -0.3 is 9.64 Å². The van der Waals surface area contributed by atoms with Gasteiger partial charge in [0.05, 0.1) is 18.8 Å². The Hall–Kier alpha value is -2.40. The Kier molecular flexibility index (Phi) is 4.81. The number of anilines is 1. The Morgan fingerprint density at radius 2 is 1.83 bits per heavy atom. The summed E-state index contributed by atoms with van der Waals surface area (Å²) in [7, 11) is 1.60. The third-order valence-corrected chi connectivity index (χ3v) is 4.49. The maximum absolute atomic E-state index is 13.9. The number of nitrogens with zero attached hydrogens (tertiary/aromatic N) is 2. The number of hydrogen-bond donors (Lipinski definition) is 0.